The van der Waals surface area contributed by atoms with E-state index in [4.69, 9.17) is 11.6 Å². The SMILES string of the molecule is O=C(SC(F)(F)F)c1ccc(Cl)nc1. The first kappa shape index (κ1) is 11.3. The normalized spacial score (nSPS) is 11.4. The van der Waals surface area contributed by atoms with E-state index in [-0.39, 0.29) is 10.7 Å². The summed E-state index contributed by atoms with van der Waals surface area (Å²) in [6.45, 7) is 0. The van der Waals surface area contributed by atoms with Crippen LogP contribution in [0.5, 0.6) is 0 Å². The van der Waals surface area contributed by atoms with Crippen LogP contribution >= 0.6 is 23.4 Å². The van der Waals surface area contributed by atoms with Crippen LogP contribution in [0.3, 0.4) is 0 Å². The molecule has 0 saturated carbocycles. The van der Waals surface area contributed by atoms with Crippen molar-refractivity contribution in [3.8, 4) is 0 Å². The standard InChI is InChI=1S/C7H3ClF3NOS/c8-5-2-1-4(3-12-5)6(13)14-7(9,10)11/h1-3H. The van der Waals surface area contributed by atoms with Gasteiger partial charge in [-0.05, 0) is 12.1 Å². The monoisotopic (exact) mass is 241 g/mol. The van der Waals surface area contributed by atoms with E-state index in [1.807, 2.05) is 0 Å². The Bertz CT molecular complexity index is 338. The topological polar surface area (TPSA) is 30.0 Å². The molecule has 14 heavy (non-hydrogen) atoms. The molecular weight excluding hydrogens is 239 g/mol. The number of carbonyl (C=O) groups excluding carboxylic acids is 1. The van der Waals surface area contributed by atoms with E-state index < -0.39 is 22.4 Å². The zero-order chi connectivity index (χ0) is 10.8. The Hall–Kier alpha value is -0.750. The van der Waals surface area contributed by atoms with Crippen LogP contribution in [0.2, 0.25) is 5.15 Å². The van der Waals surface area contributed by atoms with E-state index in [0.29, 0.717) is 0 Å². The van der Waals surface area contributed by atoms with Gasteiger partial charge in [0.2, 0.25) is 5.12 Å². The minimum absolute atomic E-state index is 0.124. The summed E-state index contributed by atoms with van der Waals surface area (Å²) in [5.41, 5.74) is -4.70. The molecule has 0 aliphatic heterocycles. The van der Waals surface area contributed by atoms with Crippen LogP contribution in [0.15, 0.2) is 18.3 Å². The maximum absolute atomic E-state index is 11.8. The number of nitrogens with zero attached hydrogens (tertiary/aromatic N) is 1. The van der Waals surface area contributed by atoms with Crippen LogP contribution in [-0.2, 0) is 0 Å². The van der Waals surface area contributed by atoms with Gasteiger partial charge in [0.05, 0.1) is 0 Å². The number of thioether (sulfide) groups is 1. The molecule has 1 heterocycles. The molecule has 0 aliphatic carbocycles. The molecule has 0 bridgehead atoms. The van der Waals surface area contributed by atoms with Crippen molar-refractivity contribution in [3.63, 3.8) is 0 Å². The van der Waals surface area contributed by atoms with Gasteiger partial charge in [-0.1, -0.05) is 11.6 Å². The predicted molar refractivity (Wildman–Crippen MR) is 47.2 cm³/mol. The van der Waals surface area contributed by atoms with Gasteiger partial charge in [0.25, 0.3) is 0 Å². The van der Waals surface area contributed by atoms with Gasteiger partial charge >= 0.3 is 5.51 Å². The molecule has 0 unspecified atom stereocenters. The van der Waals surface area contributed by atoms with Gasteiger partial charge in [-0.25, -0.2) is 4.98 Å². The largest absolute Gasteiger partial charge is 0.449 e. The fourth-order valence-corrected chi connectivity index (χ4v) is 1.22. The zero-order valence-electron chi connectivity index (χ0n) is 6.51. The minimum atomic E-state index is -4.57. The number of alkyl halides is 3. The Morgan fingerprint density at radius 2 is 2.07 bits per heavy atom. The minimum Gasteiger partial charge on any atom is -0.281 e. The Labute approximate surface area is 86.5 Å². The summed E-state index contributed by atoms with van der Waals surface area (Å²) in [6, 6.07) is 2.45. The highest BCUT2D eigenvalue weighted by molar-refractivity contribution is 8.14. The number of hydrogen-bond donors (Lipinski definition) is 0. The number of pyridine rings is 1. The lowest BCUT2D eigenvalue weighted by molar-refractivity contribution is -0.0322. The molecule has 0 spiro atoms. The highest BCUT2D eigenvalue weighted by Crippen LogP contribution is 2.32. The Balaban J connectivity index is 2.76. The Morgan fingerprint density at radius 1 is 1.43 bits per heavy atom. The van der Waals surface area contributed by atoms with E-state index in [1.54, 1.807) is 0 Å². The fraction of sp³-hybridized carbons (Fsp3) is 0.143. The van der Waals surface area contributed by atoms with Crippen LogP contribution in [0.25, 0.3) is 0 Å². The molecule has 1 rings (SSSR count). The Kier molecular flexibility index (Phi) is 3.38. The van der Waals surface area contributed by atoms with E-state index in [9.17, 15) is 18.0 Å². The predicted octanol–water partition coefficient (Wildman–Crippen LogP) is 3.13. The van der Waals surface area contributed by atoms with Crippen molar-refractivity contribution in [3.05, 3.63) is 29.0 Å². The molecule has 76 valence electrons. The molecular formula is C7H3ClF3NOS. The first-order chi connectivity index (χ1) is 6.38. The number of hydrogen-bond acceptors (Lipinski definition) is 3. The average Bonchev–Trinajstić information content (AvgIpc) is 2.02. The summed E-state index contributed by atoms with van der Waals surface area (Å²) in [6.07, 6.45) is 1.00. The van der Waals surface area contributed by atoms with Crippen molar-refractivity contribution in [1.82, 2.24) is 4.98 Å². The zero-order valence-corrected chi connectivity index (χ0v) is 8.08. The molecule has 7 heteroatoms. The fourth-order valence-electron chi connectivity index (χ4n) is 0.661. The van der Waals surface area contributed by atoms with Gasteiger partial charge in [0, 0.05) is 23.5 Å². The quantitative estimate of drug-likeness (QED) is 0.708. The van der Waals surface area contributed by atoms with Gasteiger partial charge in [0.15, 0.2) is 0 Å². The van der Waals surface area contributed by atoms with E-state index in [0.717, 1.165) is 6.20 Å². The van der Waals surface area contributed by atoms with Crippen LogP contribution in [0.4, 0.5) is 13.2 Å². The highest BCUT2D eigenvalue weighted by Gasteiger charge is 2.33. The molecule has 1 aromatic rings. The summed E-state index contributed by atoms with van der Waals surface area (Å²) in [7, 11) is 0. The van der Waals surface area contributed by atoms with Crippen LogP contribution in [0.1, 0.15) is 10.4 Å². The molecule has 0 aliphatic rings. The van der Waals surface area contributed by atoms with Crippen molar-refractivity contribution in [1.29, 1.82) is 0 Å². The number of halogens is 4. The van der Waals surface area contributed by atoms with Gasteiger partial charge < -0.3 is 0 Å². The molecule has 0 saturated heterocycles. The van der Waals surface area contributed by atoms with Crippen molar-refractivity contribution in [2.75, 3.05) is 0 Å². The van der Waals surface area contributed by atoms with Gasteiger partial charge in [-0.2, -0.15) is 13.2 Å². The van der Waals surface area contributed by atoms with Gasteiger partial charge in [-0.15, -0.1) is 0 Å². The van der Waals surface area contributed by atoms with Crippen molar-refractivity contribution < 1.29 is 18.0 Å². The third-order valence-corrected chi connectivity index (χ3v) is 2.05. The smallest absolute Gasteiger partial charge is 0.281 e. The maximum Gasteiger partial charge on any atom is 0.449 e. The summed E-state index contributed by atoms with van der Waals surface area (Å²) < 4.78 is 35.3. The summed E-state index contributed by atoms with van der Waals surface area (Å²) >= 11 is 4.69. The molecule has 0 amide bonds. The van der Waals surface area contributed by atoms with Crippen LogP contribution in [0, 0.1) is 0 Å². The molecule has 0 N–H and O–H groups in total. The molecule has 2 nitrogen and oxygen atoms in total. The van der Waals surface area contributed by atoms with E-state index in [1.165, 1.54) is 12.1 Å². The van der Waals surface area contributed by atoms with Gasteiger partial charge in [0.1, 0.15) is 5.15 Å². The van der Waals surface area contributed by atoms with Crippen molar-refractivity contribution in [2.45, 2.75) is 5.51 Å². The molecule has 0 fully saturated rings. The lowest BCUT2D eigenvalue weighted by Crippen LogP contribution is -2.06. The van der Waals surface area contributed by atoms with E-state index >= 15 is 0 Å². The third kappa shape index (κ3) is 3.55. The number of rotatable bonds is 1. The van der Waals surface area contributed by atoms with E-state index in [2.05, 4.69) is 4.98 Å². The average molecular weight is 242 g/mol. The number of carbonyl (C=O) groups is 1. The molecule has 0 radical (unpaired) electrons. The highest BCUT2D eigenvalue weighted by atomic mass is 35.5. The lowest BCUT2D eigenvalue weighted by atomic mass is 10.3. The third-order valence-electron chi connectivity index (χ3n) is 1.17. The van der Waals surface area contributed by atoms with Gasteiger partial charge in [-0.3, -0.25) is 4.79 Å². The second-order valence-corrected chi connectivity index (χ2v) is 3.63. The molecule has 0 aromatic carbocycles. The molecule has 1 aromatic heterocycles. The maximum atomic E-state index is 11.8. The first-order valence-electron chi connectivity index (χ1n) is 3.30. The summed E-state index contributed by atoms with van der Waals surface area (Å²) in [5, 5.41) is -0.972. The summed E-state index contributed by atoms with van der Waals surface area (Å²) in [4.78, 5) is 14.4. The Morgan fingerprint density at radius 3 is 2.50 bits per heavy atom. The van der Waals surface area contributed by atoms with Crippen LogP contribution < -0.4 is 0 Å². The van der Waals surface area contributed by atoms with Crippen molar-refractivity contribution in [2.24, 2.45) is 0 Å². The molecule has 0 atom stereocenters. The lowest BCUT2D eigenvalue weighted by Gasteiger charge is -2.03. The van der Waals surface area contributed by atoms with Crippen molar-refractivity contribution >= 4 is 28.5 Å². The summed E-state index contributed by atoms with van der Waals surface area (Å²) in [5.74, 6) is 0. The second-order valence-electron chi connectivity index (χ2n) is 2.20. The number of aromatic nitrogens is 1. The second kappa shape index (κ2) is 4.18. The van der Waals surface area contributed by atoms with Crippen LogP contribution in [-0.4, -0.2) is 15.6 Å². The first-order valence-corrected chi connectivity index (χ1v) is 4.49.